The molecule has 4 nitrogen and oxygen atoms in total. The van der Waals surface area contributed by atoms with E-state index in [1.54, 1.807) is 12.1 Å². The lowest BCUT2D eigenvalue weighted by atomic mass is 9.84. The molecule has 0 saturated carbocycles. The van der Waals surface area contributed by atoms with Gasteiger partial charge < -0.3 is 14.7 Å². The summed E-state index contributed by atoms with van der Waals surface area (Å²) < 4.78 is 5.53. The van der Waals surface area contributed by atoms with Crippen LogP contribution in [0, 0.1) is 20.8 Å². The Morgan fingerprint density at radius 1 is 1.00 bits per heavy atom. The fourth-order valence-corrected chi connectivity index (χ4v) is 3.24. The monoisotopic (exact) mass is 369 g/mol. The zero-order valence-electron chi connectivity index (χ0n) is 17.1. The molecular formula is C23H31NO3. The minimum atomic E-state index is -1.83. The number of aliphatic hydroxyl groups is 1. The first kappa shape index (κ1) is 21.1. The third-order valence-corrected chi connectivity index (χ3v) is 5.37. The summed E-state index contributed by atoms with van der Waals surface area (Å²) in [4.78, 5) is 15.2. The smallest absolute Gasteiger partial charge is 0.347 e. The van der Waals surface area contributed by atoms with Gasteiger partial charge in [0.15, 0.2) is 0 Å². The van der Waals surface area contributed by atoms with E-state index in [-0.39, 0.29) is 6.61 Å². The van der Waals surface area contributed by atoms with E-state index in [0.29, 0.717) is 17.7 Å². The van der Waals surface area contributed by atoms with Crippen molar-refractivity contribution in [2.24, 2.45) is 0 Å². The molecule has 2 aromatic carbocycles. The molecule has 0 unspecified atom stereocenters. The van der Waals surface area contributed by atoms with Crippen LogP contribution in [-0.2, 0) is 15.1 Å². The molecule has 2 rings (SSSR count). The van der Waals surface area contributed by atoms with Gasteiger partial charge in [-0.2, -0.15) is 0 Å². The Kier molecular flexibility index (Phi) is 7.17. The molecule has 27 heavy (non-hydrogen) atoms. The van der Waals surface area contributed by atoms with Crippen LogP contribution in [0.3, 0.4) is 0 Å². The Hall–Kier alpha value is -2.17. The van der Waals surface area contributed by atoms with Crippen LogP contribution >= 0.6 is 0 Å². The second kappa shape index (κ2) is 9.16. The van der Waals surface area contributed by atoms with E-state index in [2.05, 4.69) is 18.7 Å². The van der Waals surface area contributed by atoms with Crippen molar-refractivity contribution in [1.82, 2.24) is 4.90 Å². The van der Waals surface area contributed by atoms with Crippen molar-refractivity contribution in [2.45, 2.75) is 40.2 Å². The van der Waals surface area contributed by atoms with Crippen LogP contribution in [0.2, 0.25) is 0 Å². The summed E-state index contributed by atoms with van der Waals surface area (Å²) in [6.07, 6.45) is 0. The van der Waals surface area contributed by atoms with Crippen LogP contribution in [0.25, 0.3) is 0 Å². The molecule has 0 amide bonds. The number of ether oxygens (including phenoxy) is 1. The van der Waals surface area contributed by atoms with Crippen LogP contribution in [0.4, 0.5) is 0 Å². The molecular weight excluding hydrogens is 338 g/mol. The molecule has 0 saturated heterocycles. The Morgan fingerprint density at radius 3 is 2.07 bits per heavy atom. The van der Waals surface area contributed by atoms with Crippen molar-refractivity contribution in [3.63, 3.8) is 0 Å². The van der Waals surface area contributed by atoms with E-state index in [4.69, 9.17) is 4.74 Å². The molecule has 4 heteroatoms. The highest BCUT2D eigenvalue weighted by Gasteiger charge is 2.42. The van der Waals surface area contributed by atoms with Gasteiger partial charge in [0.2, 0.25) is 5.60 Å². The third-order valence-electron chi connectivity index (χ3n) is 5.37. The minimum Gasteiger partial charge on any atom is -0.462 e. The van der Waals surface area contributed by atoms with Gasteiger partial charge in [0.05, 0.1) is 0 Å². The number of hydrogen-bond donors (Lipinski definition) is 1. The average molecular weight is 370 g/mol. The Labute approximate surface area is 162 Å². The lowest BCUT2D eigenvalue weighted by molar-refractivity contribution is -0.162. The van der Waals surface area contributed by atoms with E-state index in [1.165, 1.54) is 0 Å². The number of likely N-dealkylation sites (N-methyl/N-ethyl adjacent to an activating group) is 1. The molecule has 146 valence electrons. The fraction of sp³-hybridized carbons (Fsp3) is 0.435. The Balaban J connectivity index is 2.38. The lowest BCUT2D eigenvalue weighted by Crippen LogP contribution is -2.40. The SMILES string of the molecule is CCN(CC)CCOC(=O)[C@](O)(c1ccccc1)c1cc(C)c(C)c(C)c1. The van der Waals surface area contributed by atoms with Gasteiger partial charge in [-0.25, -0.2) is 4.79 Å². The molecule has 0 aliphatic rings. The number of aryl methyl sites for hydroxylation is 2. The maximum Gasteiger partial charge on any atom is 0.347 e. The van der Waals surface area contributed by atoms with Crippen LogP contribution < -0.4 is 0 Å². The van der Waals surface area contributed by atoms with Crippen molar-refractivity contribution < 1.29 is 14.6 Å². The highest BCUT2D eigenvalue weighted by molar-refractivity contribution is 5.85. The fourth-order valence-electron chi connectivity index (χ4n) is 3.24. The number of nitrogens with zero attached hydrogens (tertiary/aromatic N) is 1. The topological polar surface area (TPSA) is 49.8 Å². The van der Waals surface area contributed by atoms with Gasteiger partial charge >= 0.3 is 5.97 Å². The normalized spacial score (nSPS) is 13.4. The third kappa shape index (κ3) is 4.57. The number of rotatable bonds is 8. The van der Waals surface area contributed by atoms with Crippen molar-refractivity contribution in [2.75, 3.05) is 26.2 Å². The number of carbonyl (C=O) groups excluding carboxylic acids is 1. The first-order valence-corrected chi connectivity index (χ1v) is 9.60. The quantitative estimate of drug-likeness (QED) is 0.720. The molecule has 0 heterocycles. The van der Waals surface area contributed by atoms with Crippen molar-refractivity contribution in [3.05, 3.63) is 70.3 Å². The van der Waals surface area contributed by atoms with Crippen molar-refractivity contribution in [1.29, 1.82) is 0 Å². The number of carbonyl (C=O) groups is 1. The standard InChI is InChI=1S/C23H31NO3/c1-6-24(7-2)13-14-27-22(25)23(26,20-11-9-8-10-12-20)21-15-17(3)19(5)18(4)16-21/h8-12,15-16,26H,6-7,13-14H2,1-5H3/t23-/m0/s1. The lowest BCUT2D eigenvalue weighted by Gasteiger charge is -2.29. The van der Waals surface area contributed by atoms with Crippen molar-refractivity contribution >= 4 is 5.97 Å². The summed E-state index contributed by atoms with van der Waals surface area (Å²) in [6.45, 7) is 12.9. The minimum absolute atomic E-state index is 0.249. The highest BCUT2D eigenvalue weighted by atomic mass is 16.5. The summed E-state index contributed by atoms with van der Waals surface area (Å²) >= 11 is 0. The number of esters is 1. The van der Waals surface area contributed by atoms with Crippen LogP contribution in [-0.4, -0.2) is 42.2 Å². The van der Waals surface area contributed by atoms with E-state index in [1.807, 2.05) is 51.1 Å². The second-order valence-corrected chi connectivity index (χ2v) is 6.97. The highest BCUT2D eigenvalue weighted by Crippen LogP contribution is 2.33. The summed E-state index contributed by atoms with van der Waals surface area (Å²) in [5, 5.41) is 11.6. The van der Waals surface area contributed by atoms with E-state index in [0.717, 1.165) is 29.8 Å². The van der Waals surface area contributed by atoms with Gasteiger partial charge in [0, 0.05) is 6.54 Å². The zero-order chi connectivity index (χ0) is 20.0. The summed E-state index contributed by atoms with van der Waals surface area (Å²) in [7, 11) is 0. The second-order valence-electron chi connectivity index (χ2n) is 6.97. The van der Waals surface area contributed by atoms with Crippen LogP contribution in [0.15, 0.2) is 42.5 Å². The molecule has 0 radical (unpaired) electrons. The van der Waals surface area contributed by atoms with Gasteiger partial charge in [-0.15, -0.1) is 0 Å². The van der Waals surface area contributed by atoms with Crippen LogP contribution in [0.5, 0.6) is 0 Å². The molecule has 0 bridgehead atoms. The van der Waals surface area contributed by atoms with Gasteiger partial charge in [-0.3, -0.25) is 0 Å². The van der Waals surface area contributed by atoms with Gasteiger partial charge in [-0.05, 0) is 61.7 Å². The summed E-state index contributed by atoms with van der Waals surface area (Å²) in [5.74, 6) is -0.636. The predicted molar refractivity (Wildman–Crippen MR) is 109 cm³/mol. The maximum absolute atomic E-state index is 13.0. The average Bonchev–Trinajstić information content (AvgIpc) is 2.68. The molecule has 0 aliphatic heterocycles. The molecule has 0 aliphatic carbocycles. The molecule has 0 aromatic heterocycles. The molecule has 0 spiro atoms. The van der Waals surface area contributed by atoms with Gasteiger partial charge in [0.25, 0.3) is 0 Å². The summed E-state index contributed by atoms with van der Waals surface area (Å²) in [5.41, 5.74) is 2.46. The van der Waals surface area contributed by atoms with Crippen molar-refractivity contribution in [3.8, 4) is 0 Å². The summed E-state index contributed by atoms with van der Waals surface area (Å²) in [6, 6.07) is 12.8. The molecule has 2 aromatic rings. The Morgan fingerprint density at radius 2 is 1.56 bits per heavy atom. The Bertz CT molecular complexity index is 745. The van der Waals surface area contributed by atoms with Crippen LogP contribution in [0.1, 0.15) is 41.7 Å². The molecule has 1 N–H and O–H groups in total. The van der Waals surface area contributed by atoms with E-state index < -0.39 is 11.6 Å². The molecule has 0 fully saturated rings. The van der Waals surface area contributed by atoms with Gasteiger partial charge in [0.1, 0.15) is 6.61 Å². The first-order chi connectivity index (χ1) is 12.8. The zero-order valence-corrected chi connectivity index (χ0v) is 17.1. The van der Waals surface area contributed by atoms with E-state index >= 15 is 0 Å². The predicted octanol–water partition coefficient (Wildman–Crippen LogP) is 3.73. The number of benzene rings is 2. The largest absolute Gasteiger partial charge is 0.462 e. The van der Waals surface area contributed by atoms with E-state index in [9.17, 15) is 9.90 Å². The number of hydrogen-bond acceptors (Lipinski definition) is 4. The maximum atomic E-state index is 13.0. The van der Waals surface area contributed by atoms with Gasteiger partial charge in [-0.1, -0.05) is 56.3 Å². The molecule has 1 atom stereocenters. The first-order valence-electron chi connectivity index (χ1n) is 9.60.